The van der Waals surface area contributed by atoms with Gasteiger partial charge in [-0.2, -0.15) is 5.10 Å². The van der Waals surface area contributed by atoms with Crippen LogP contribution in [-0.2, 0) is 34.0 Å². The maximum absolute atomic E-state index is 13.1. The van der Waals surface area contributed by atoms with Crippen molar-refractivity contribution in [2.45, 2.75) is 58.5 Å². The highest BCUT2D eigenvalue weighted by atomic mass is 19.1. The van der Waals surface area contributed by atoms with Gasteiger partial charge in [0.25, 0.3) is 5.91 Å². The average Bonchev–Trinajstić information content (AvgIpc) is 2.80. The molecule has 34 heavy (non-hydrogen) atoms. The van der Waals surface area contributed by atoms with E-state index in [9.17, 15) is 14.0 Å². The Morgan fingerprint density at radius 1 is 0.971 bits per heavy atom. The molecule has 4 rings (SSSR count). The van der Waals surface area contributed by atoms with Crippen molar-refractivity contribution in [2.24, 2.45) is 5.10 Å². The number of hydrogen-bond donors (Lipinski definition) is 1. The Balaban J connectivity index is 1.30. The second-order valence-corrected chi connectivity index (χ2v) is 9.08. The number of halogens is 1. The topological polar surface area (TPSA) is 74.2 Å². The van der Waals surface area contributed by atoms with E-state index in [-0.39, 0.29) is 42.8 Å². The van der Waals surface area contributed by atoms with Gasteiger partial charge >= 0.3 is 0 Å². The van der Waals surface area contributed by atoms with E-state index in [0.29, 0.717) is 18.7 Å². The van der Waals surface area contributed by atoms with Crippen molar-refractivity contribution in [1.82, 2.24) is 15.2 Å². The second kappa shape index (κ2) is 10.9. The van der Waals surface area contributed by atoms with Crippen LogP contribution in [0.4, 0.5) is 4.39 Å². The highest BCUT2D eigenvalue weighted by molar-refractivity contribution is 6.39. The van der Waals surface area contributed by atoms with Crippen LogP contribution >= 0.6 is 0 Å². The van der Waals surface area contributed by atoms with Gasteiger partial charge in [0.1, 0.15) is 11.5 Å². The number of amides is 2. The molecule has 2 aliphatic heterocycles. The van der Waals surface area contributed by atoms with Gasteiger partial charge in [0, 0.05) is 39.0 Å². The monoisotopic (exact) mass is 466 g/mol. The first-order valence-corrected chi connectivity index (χ1v) is 11.7. The summed E-state index contributed by atoms with van der Waals surface area (Å²) in [6.07, 6.45) is 1.01. The maximum Gasteiger partial charge on any atom is 0.267 e. The molecule has 0 saturated carbocycles. The molecule has 2 atom stereocenters. The summed E-state index contributed by atoms with van der Waals surface area (Å²) in [5.41, 5.74) is 3.30. The van der Waals surface area contributed by atoms with E-state index >= 15 is 0 Å². The first kappa shape index (κ1) is 24.0. The minimum Gasteiger partial charge on any atom is -0.373 e. The van der Waals surface area contributed by atoms with Crippen LogP contribution in [0.2, 0.25) is 0 Å². The van der Waals surface area contributed by atoms with Gasteiger partial charge in [0.05, 0.1) is 18.8 Å². The van der Waals surface area contributed by atoms with Gasteiger partial charge in [-0.3, -0.25) is 14.5 Å². The summed E-state index contributed by atoms with van der Waals surface area (Å²) in [6.45, 7) is 7.51. The lowest BCUT2D eigenvalue weighted by molar-refractivity contribution is -0.132. The zero-order valence-corrected chi connectivity index (χ0v) is 19.7. The lowest BCUT2D eigenvalue weighted by Crippen LogP contribution is -2.44. The number of ether oxygens (including phenoxy) is 1. The second-order valence-electron chi connectivity index (χ2n) is 9.08. The fourth-order valence-corrected chi connectivity index (χ4v) is 4.37. The number of carbonyl (C=O) groups excluding carboxylic acids is 2. The molecule has 0 aromatic heterocycles. The molecular weight excluding hydrogens is 435 g/mol. The molecule has 1 N–H and O–H groups in total. The number of benzene rings is 2. The van der Waals surface area contributed by atoms with Crippen molar-refractivity contribution >= 4 is 17.5 Å². The van der Waals surface area contributed by atoms with E-state index in [1.165, 1.54) is 22.7 Å². The largest absolute Gasteiger partial charge is 0.373 e. The summed E-state index contributed by atoms with van der Waals surface area (Å²) < 4.78 is 18.9. The van der Waals surface area contributed by atoms with Crippen LogP contribution in [0.3, 0.4) is 0 Å². The first-order chi connectivity index (χ1) is 16.4. The highest BCUT2D eigenvalue weighted by Gasteiger charge is 2.25. The summed E-state index contributed by atoms with van der Waals surface area (Å²) >= 11 is 0. The molecule has 2 amide bonds. The van der Waals surface area contributed by atoms with Crippen molar-refractivity contribution in [3.63, 3.8) is 0 Å². The third-order valence-corrected chi connectivity index (χ3v) is 5.99. The van der Waals surface area contributed by atoms with Gasteiger partial charge < -0.3 is 10.1 Å². The van der Waals surface area contributed by atoms with Crippen LogP contribution in [0.5, 0.6) is 0 Å². The van der Waals surface area contributed by atoms with E-state index in [1.54, 1.807) is 12.1 Å². The number of morpholine rings is 1. The molecule has 0 bridgehead atoms. The van der Waals surface area contributed by atoms with Crippen molar-refractivity contribution in [2.75, 3.05) is 13.1 Å². The predicted octanol–water partition coefficient (Wildman–Crippen LogP) is 3.23. The lowest BCUT2D eigenvalue weighted by Gasteiger charge is -2.35. The first-order valence-electron chi connectivity index (χ1n) is 11.7. The maximum atomic E-state index is 13.1. The van der Waals surface area contributed by atoms with Gasteiger partial charge in [-0.05, 0) is 42.7 Å². The van der Waals surface area contributed by atoms with E-state index in [2.05, 4.69) is 41.3 Å². The summed E-state index contributed by atoms with van der Waals surface area (Å²) in [6, 6.07) is 14.1. The smallest absolute Gasteiger partial charge is 0.267 e. The van der Waals surface area contributed by atoms with Gasteiger partial charge in [-0.15, -0.1) is 0 Å². The van der Waals surface area contributed by atoms with Crippen molar-refractivity contribution in [3.05, 3.63) is 71.0 Å². The average molecular weight is 467 g/mol. The molecule has 7 nitrogen and oxygen atoms in total. The molecule has 0 aliphatic carbocycles. The molecule has 2 aromatic rings. The Bertz CT molecular complexity index is 1030. The SMILES string of the molecule is CC1CN(Cc2ccc(CNC(=O)C3=NN(Cc4ccc(F)cc4)C(=O)CC3)cc2)CC(C)O1. The number of hydrazone groups is 1. The molecule has 2 aromatic carbocycles. The molecule has 2 heterocycles. The number of nitrogens with one attached hydrogen (secondary N) is 1. The molecule has 2 unspecified atom stereocenters. The van der Waals surface area contributed by atoms with Crippen LogP contribution in [0.1, 0.15) is 43.4 Å². The van der Waals surface area contributed by atoms with Crippen LogP contribution < -0.4 is 5.32 Å². The Labute approximate surface area is 199 Å². The van der Waals surface area contributed by atoms with Crippen LogP contribution in [0.15, 0.2) is 53.6 Å². The Kier molecular flexibility index (Phi) is 7.70. The highest BCUT2D eigenvalue weighted by Crippen LogP contribution is 2.16. The fraction of sp³-hybridized carbons (Fsp3) is 0.423. The fourth-order valence-electron chi connectivity index (χ4n) is 4.37. The third-order valence-electron chi connectivity index (χ3n) is 5.99. The number of hydrogen-bond acceptors (Lipinski definition) is 5. The minimum absolute atomic E-state index is 0.152. The van der Waals surface area contributed by atoms with E-state index < -0.39 is 0 Å². The molecule has 0 spiro atoms. The summed E-state index contributed by atoms with van der Waals surface area (Å²) in [7, 11) is 0. The summed E-state index contributed by atoms with van der Waals surface area (Å²) in [5, 5.41) is 8.45. The van der Waals surface area contributed by atoms with E-state index in [1.807, 2.05) is 12.1 Å². The number of carbonyl (C=O) groups is 2. The molecule has 180 valence electrons. The molecule has 2 aliphatic rings. The quantitative estimate of drug-likeness (QED) is 0.680. The van der Waals surface area contributed by atoms with Gasteiger partial charge in [0.2, 0.25) is 5.91 Å². The predicted molar refractivity (Wildman–Crippen MR) is 127 cm³/mol. The minimum atomic E-state index is -0.337. The van der Waals surface area contributed by atoms with Crippen molar-refractivity contribution in [1.29, 1.82) is 0 Å². The normalized spacial score (nSPS) is 21.3. The van der Waals surface area contributed by atoms with Gasteiger partial charge in [-0.25, -0.2) is 9.40 Å². The summed E-state index contributed by atoms with van der Waals surface area (Å²) in [4.78, 5) is 27.3. The van der Waals surface area contributed by atoms with E-state index in [4.69, 9.17) is 4.74 Å². The van der Waals surface area contributed by atoms with Crippen LogP contribution in [0, 0.1) is 5.82 Å². The van der Waals surface area contributed by atoms with Gasteiger partial charge in [-0.1, -0.05) is 36.4 Å². The Hall–Kier alpha value is -3.10. The molecule has 0 radical (unpaired) electrons. The Morgan fingerprint density at radius 3 is 2.24 bits per heavy atom. The number of nitrogens with zero attached hydrogens (tertiary/aromatic N) is 3. The lowest BCUT2D eigenvalue weighted by atomic mass is 10.1. The zero-order valence-electron chi connectivity index (χ0n) is 19.7. The molecule has 8 heteroatoms. The molecule has 1 saturated heterocycles. The standard InChI is InChI=1S/C26H31FN4O3/c1-18-14-30(15-19(2)34-18)16-21-5-3-20(4-6-21)13-28-26(33)24-11-12-25(32)31(29-24)17-22-7-9-23(27)10-8-22/h3-10,18-19H,11-17H2,1-2H3,(H,28,33). The summed E-state index contributed by atoms with van der Waals surface area (Å²) in [5.74, 6) is -0.770. The van der Waals surface area contributed by atoms with Crippen LogP contribution in [0.25, 0.3) is 0 Å². The number of rotatable bonds is 7. The van der Waals surface area contributed by atoms with Gasteiger partial charge in [0.15, 0.2) is 0 Å². The Morgan fingerprint density at radius 2 is 1.56 bits per heavy atom. The van der Waals surface area contributed by atoms with Crippen LogP contribution in [-0.4, -0.2) is 52.7 Å². The zero-order chi connectivity index (χ0) is 24.1. The third kappa shape index (κ3) is 6.48. The molecular formula is C26H31FN4O3. The van der Waals surface area contributed by atoms with Crippen molar-refractivity contribution < 1.29 is 18.7 Å². The molecule has 1 fully saturated rings. The van der Waals surface area contributed by atoms with Crippen molar-refractivity contribution in [3.8, 4) is 0 Å². The van der Waals surface area contributed by atoms with E-state index in [0.717, 1.165) is 30.8 Å².